The molecule has 0 spiro atoms. The molecule has 7 nitrogen and oxygen atoms in total. The minimum Gasteiger partial charge on any atom is -0.497 e. The lowest BCUT2D eigenvalue weighted by molar-refractivity contribution is -0.146. The Kier molecular flexibility index (Phi) is 6.84. The molecule has 0 bridgehead atoms. The van der Waals surface area contributed by atoms with E-state index < -0.39 is 5.97 Å². The molecule has 3 rings (SSSR count). The summed E-state index contributed by atoms with van der Waals surface area (Å²) in [5.74, 6) is 2.17. The molecular formula is C22H24N2O5. The molecule has 29 heavy (non-hydrogen) atoms. The zero-order valence-corrected chi connectivity index (χ0v) is 16.8. The SMILES string of the molecule is COc1ccc(OCCC(=O)OCc2nc(-c3ccc(C(C)C)cc3)no2)cc1. The number of aromatic nitrogens is 2. The van der Waals surface area contributed by atoms with E-state index in [0.29, 0.717) is 17.5 Å². The lowest BCUT2D eigenvalue weighted by Crippen LogP contribution is -2.10. The Morgan fingerprint density at radius 1 is 1.03 bits per heavy atom. The van der Waals surface area contributed by atoms with Crippen LogP contribution < -0.4 is 9.47 Å². The Morgan fingerprint density at radius 3 is 2.38 bits per heavy atom. The number of hydrogen-bond acceptors (Lipinski definition) is 7. The monoisotopic (exact) mass is 396 g/mol. The molecule has 7 heteroatoms. The fourth-order valence-electron chi connectivity index (χ4n) is 2.59. The Bertz CT molecular complexity index is 917. The van der Waals surface area contributed by atoms with Gasteiger partial charge in [0.05, 0.1) is 20.1 Å². The molecule has 0 unspecified atom stereocenters. The summed E-state index contributed by atoms with van der Waals surface area (Å²) in [4.78, 5) is 16.1. The third kappa shape index (κ3) is 5.81. The first-order valence-corrected chi connectivity index (χ1v) is 9.40. The third-order valence-corrected chi connectivity index (χ3v) is 4.29. The quantitative estimate of drug-likeness (QED) is 0.496. The maximum atomic E-state index is 11.9. The first-order chi connectivity index (χ1) is 14.0. The second kappa shape index (κ2) is 9.73. The zero-order valence-electron chi connectivity index (χ0n) is 16.8. The molecule has 0 fully saturated rings. The molecule has 0 aliphatic heterocycles. The van der Waals surface area contributed by atoms with Gasteiger partial charge in [-0.1, -0.05) is 43.3 Å². The number of benzene rings is 2. The average molecular weight is 396 g/mol. The molecule has 0 radical (unpaired) electrons. The highest BCUT2D eigenvalue weighted by atomic mass is 16.6. The minimum absolute atomic E-state index is 0.0710. The number of rotatable bonds is 9. The summed E-state index contributed by atoms with van der Waals surface area (Å²) in [6, 6.07) is 15.1. The van der Waals surface area contributed by atoms with Crippen LogP contribution in [0.3, 0.4) is 0 Å². The van der Waals surface area contributed by atoms with Crippen molar-refractivity contribution in [2.45, 2.75) is 32.8 Å². The van der Waals surface area contributed by atoms with E-state index in [1.54, 1.807) is 31.4 Å². The van der Waals surface area contributed by atoms with Crippen molar-refractivity contribution in [3.8, 4) is 22.9 Å². The number of carbonyl (C=O) groups is 1. The smallest absolute Gasteiger partial charge is 0.309 e. The Balaban J connectivity index is 1.43. The molecule has 0 amide bonds. The normalized spacial score (nSPS) is 10.8. The lowest BCUT2D eigenvalue weighted by atomic mass is 10.0. The molecule has 0 N–H and O–H groups in total. The standard InChI is InChI=1S/C22H24N2O5/c1-15(2)16-4-6-17(7-5-16)22-23-20(29-24-22)14-28-21(25)12-13-27-19-10-8-18(26-3)9-11-19/h4-11,15H,12-14H2,1-3H3. The van der Waals surface area contributed by atoms with Crippen LogP contribution >= 0.6 is 0 Å². The summed E-state index contributed by atoms with van der Waals surface area (Å²) in [6.45, 7) is 4.41. The Labute approximate surface area is 169 Å². The Morgan fingerprint density at radius 2 is 1.72 bits per heavy atom. The molecule has 0 atom stereocenters. The molecule has 2 aromatic carbocycles. The van der Waals surface area contributed by atoms with E-state index in [-0.39, 0.29) is 25.5 Å². The maximum Gasteiger partial charge on any atom is 0.309 e. The summed E-state index contributed by atoms with van der Waals surface area (Å²) >= 11 is 0. The van der Waals surface area contributed by atoms with Crippen molar-refractivity contribution in [3.05, 3.63) is 60.0 Å². The van der Waals surface area contributed by atoms with Crippen LogP contribution in [0, 0.1) is 0 Å². The van der Waals surface area contributed by atoms with Crippen LogP contribution in [0.25, 0.3) is 11.4 Å². The number of nitrogens with zero attached hydrogens (tertiary/aromatic N) is 2. The number of methoxy groups -OCH3 is 1. The van der Waals surface area contributed by atoms with E-state index in [0.717, 1.165) is 11.3 Å². The molecule has 152 valence electrons. The number of esters is 1. The van der Waals surface area contributed by atoms with Crippen molar-refractivity contribution >= 4 is 5.97 Å². The predicted octanol–water partition coefficient (Wildman–Crippen LogP) is 4.38. The summed E-state index contributed by atoms with van der Waals surface area (Å²) in [5, 5.41) is 3.94. The van der Waals surface area contributed by atoms with E-state index in [2.05, 4.69) is 24.0 Å². The van der Waals surface area contributed by atoms with Crippen molar-refractivity contribution in [3.63, 3.8) is 0 Å². The minimum atomic E-state index is -0.403. The maximum absolute atomic E-state index is 11.9. The van der Waals surface area contributed by atoms with Crippen molar-refractivity contribution < 1.29 is 23.5 Å². The summed E-state index contributed by atoms with van der Waals surface area (Å²) in [5.41, 5.74) is 2.09. The largest absolute Gasteiger partial charge is 0.497 e. The molecular weight excluding hydrogens is 372 g/mol. The van der Waals surface area contributed by atoms with Crippen molar-refractivity contribution in [2.75, 3.05) is 13.7 Å². The van der Waals surface area contributed by atoms with Gasteiger partial charge in [-0.15, -0.1) is 0 Å². The first kappa shape index (κ1) is 20.4. The lowest BCUT2D eigenvalue weighted by Gasteiger charge is -2.06. The van der Waals surface area contributed by atoms with E-state index in [9.17, 15) is 4.79 Å². The van der Waals surface area contributed by atoms with Crippen LogP contribution in [0.15, 0.2) is 53.1 Å². The van der Waals surface area contributed by atoms with Gasteiger partial charge in [0.1, 0.15) is 11.5 Å². The number of carbonyl (C=O) groups excluding carboxylic acids is 1. The first-order valence-electron chi connectivity index (χ1n) is 9.40. The van der Waals surface area contributed by atoms with Crippen molar-refractivity contribution in [1.82, 2.24) is 10.1 Å². The van der Waals surface area contributed by atoms with Gasteiger partial charge < -0.3 is 18.7 Å². The van der Waals surface area contributed by atoms with Gasteiger partial charge in [0.15, 0.2) is 6.61 Å². The highest BCUT2D eigenvalue weighted by Crippen LogP contribution is 2.21. The van der Waals surface area contributed by atoms with Crippen LogP contribution in [-0.2, 0) is 16.1 Å². The Hall–Kier alpha value is -3.35. The van der Waals surface area contributed by atoms with E-state index >= 15 is 0 Å². The highest BCUT2D eigenvalue weighted by Gasteiger charge is 2.12. The fourth-order valence-corrected chi connectivity index (χ4v) is 2.59. The van der Waals surface area contributed by atoms with Crippen molar-refractivity contribution in [2.24, 2.45) is 0 Å². The number of hydrogen-bond donors (Lipinski definition) is 0. The van der Waals surface area contributed by atoms with Gasteiger partial charge >= 0.3 is 5.97 Å². The molecule has 0 saturated carbocycles. The molecule has 1 heterocycles. The second-order valence-electron chi connectivity index (χ2n) is 6.72. The van der Waals surface area contributed by atoms with Gasteiger partial charge in [0, 0.05) is 5.56 Å². The van der Waals surface area contributed by atoms with E-state index in [1.165, 1.54) is 5.56 Å². The zero-order chi connectivity index (χ0) is 20.6. The van der Waals surface area contributed by atoms with Gasteiger partial charge in [-0.2, -0.15) is 4.98 Å². The molecule has 1 aromatic heterocycles. The van der Waals surface area contributed by atoms with Gasteiger partial charge in [0.2, 0.25) is 5.82 Å². The molecule has 0 aliphatic carbocycles. The van der Waals surface area contributed by atoms with Gasteiger partial charge in [0.25, 0.3) is 5.89 Å². The van der Waals surface area contributed by atoms with Crippen LogP contribution in [0.2, 0.25) is 0 Å². The van der Waals surface area contributed by atoms with Gasteiger partial charge in [-0.3, -0.25) is 4.79 Å². The average Bonchev–Trinajstić information content (AvgIpc) is 3.22. The van der Waals surface area contributed by atoms with Gasteiger partial charge in [-0.05, 0) is 35.7 Å². The third-order valence-electron chi connectivity index (χ3n) is 4.29. The van der Waals surface area contributed by atoms with E-state index in [4.69, 9.17) is 18.7 Å². The van der Waals surface area contributed by atoms with Crippen LogP contribution in [0.5, 0.6) is 11.5 Å². The van der Waals surface area contributed by atoms with Crippen LogP contribution in [-0.4, -0.2) is 29.8 Å². The summed E-state index contributed by atoms with van der Waals surface area (Å²) in [6.07, 6.45) is 0.115. The van der Waals surface area contributed by atoms with Gasteiger partial charge in [-0.25, -0.2) is 0 Å². The molecule has 0 aliphatic rings. The van der Waals surface area contributed by atoms with Crippen molar-refractivity contribution in [1.29, 1.82) is 0 Å². The summed E-state index contributed by atoms with van der Waals surface area (Å²) < 4.78 is 20.9. The summed E-state index contributed by atoms with van der Waals surface area (Å²) in [7, 11) is 1.60. The fraction of sp³-hybridized carbons (Fsp3) is 0.318. The predicted molar refractivity (Wildman–Crippen MR) is 107 cm³/mol. The molecule has 3 aromatic rings. The van der Waals surface area contributed by atoms with Crippen LogP contribution in [0.4, 0.5) is 0 Å². The highest BCUT2D eigenvalue weighted by molar-refractivity contribution is 5.69. The topological polar surface area (TPSA) is 83.7 Å². The van der Waals surface area contributed by atoms with Crippen LogP contribution in [0.1, 0.15) is 37.6 Å². The molecule has 0 saturated heterocycles. The second-order valence-corrected chi connectivity index (χ2v) is 6.72. The number of ether oxygens (including phenoxy) is 3. The van der Waals surface area contributed by atoms with E-state index in [1.807, 2.05) is 24.3 Å².